The summed E-state index contributed by atoms with van der Waals surface area (Å²) in [5.74, 6) is 1.06. The Kier molecular flexibility index (Phi) is 8.82. The van der Waals surface area contributed by atoms with E-state index in [2.05, 4.69) is 15.5 Å². The molecule has 3 aromatic rings. The number of carbonyl (C=O) groups is 2. The number of benzene rings is 2. The number of nitrogens with zero attached hydrogens (tertiary/aromatic N) is 2. The Morgan fingerprint density at radius 3 is 2.46 bits per heavy atom. The molecule has 0 unspecified atom stereocenters. The van der Waals surface area contributed by atoms with E-state index in [1.54, 1.807) is 39.9 Å². The fourth-order valence-electron chi connectivity index (χ4n) is 4.47. The quantitative estimate of drug-likeness (QED) is 0.366. The summed E-state index contributed by atoms with van der Waals surface area (Å²) >= 11 is 1.43. The first-order valence-electron chi connectivity index (χ1n) is 13.0. The van der Waals surface area contributed by atoms with Crippen molar-refractivity contribution in [2.75, 3.05) is 69.0 Å². The summed E-state index contributed by atoms with van der Waals surface area (Å²) in [6.45, 7) is 6.16. The molecule has 0 saturated carbocycles. The van der Waals surface area contributed by atoms with E-state index in [4.69, 9.17) is 19.9 Å². The number of amides is 3. The van der Waals surface area contributed by atoms with Crippen molar-refractivity contribution in [1.82, 2.24) is 9.80 Å². The van der Waals surface area contributed by atoms with Crippen molar-refractivity contribution in [2.24, 2.45) is 0 Å². The van der Waals surface area contributed by atoms with Gasteiger partial charge >= 0.3 is 6.03 Å². The highest BCUT2D eigenvalue weighted by Crippen LogP contribution is 2.32. The molecule has 0 radical (unpaired) electrons. The molecule has 2 aromatic carbocycles. The average Bonchev–Trinajstić information content (AvgIpc) is 3.37. The zero-order valence-corrected chi connectivity index (χ0v) is 22.5. The van der Waals surface area contributed by atoms with Crippen LogP contribution < -0.4 is 25.8 Å². The van der Waals surface area contributed by atoms with Crippen LogP contribution in [0.2, 0.25) is 0 Å². The number of carbonyl (C=O) groups excluding carboxylic acids is 2. The lowest BCUT2D eigenvalue weighted by Crippen LogP contribution is -2.40. The third-order valence-electron chi connectivity index (χ3n) is 6.62. The molecule has 0 aliphatic carbocycles. The van der Waals surface area contributed by atoms with E-state index in [1.165, 1.54) is 11.3 Å². The van der Waals surface area contributed by atoms with Gasteiger partial charge < -0.3 is 35.5 Å². The topological polar surface area (TPSA) is 118 Å². The number of nitrogens with two attached hydrogens (primary N) is 1. The smallest absolute Gasteiger partial charge is 0.322 e. The van der Waals surface area contributed by atoms with Crippen LogP contribution in [-0.4, -0.2) is 74.3 Å². The lowest BCUT2D eigenvalue weighted by Gasteiger charge is -2.28. The van der Waals surface area contributed by atoms with E-state index in [0.29, 0.717) is 60.4 Å². The fourth-order valence-corrected chi connectivity index (χ4v) is 5.14. The van der Waals surface area contributed by atoms with Crippen LogP contribution in [0.4, 0.5) is 21.9 Å². The van der Waals surface area contributed by atoms with E-state index < -0.39 is 0 Å². The van der Waals surface area contributed by atoms with Gasteiger partial charge in [-0.05, 0) is 36.2 Å². The van der Waals surface area contributed by atoms with Crippen molar-refractivity contribution in [2.45, 2.75) is 13.0 Å². The first kappa shape index (κ1) is 26.8. The van der Waals surface area contributed by atoms with Gasteiger partial charge in [-0.15, -0.1) is 11.3 Å². The van der Waals surface area contributed by atoms with Crippen LogP contribution in [0.1, 0.15) is 22.3 Å². The average molecular weight is 552 g/mol. The number of nitrogen functional groups attached to an aromatic ring is 1. The van der Waals surface area contributed by atoms with Gasteiger partial charge in [0.25, 0.3) is 5.91 Å². The summed E-state index contributed by atoms with van der Waals surface area (Å²) in [6.07, 6.45) is 0.830. The first-order valence-corrected chi connectivity index (χ1v) is 14.0. The molecule has 5 rings (SSSR count). The summed E-state index contributed by atoms with van der Waals surface area (Å²) in [4.78, 5) is 30.2. The van der Waals surface area contributed by atoms with Crippen molar-refractivity contribution in [3.05, 3.63) is 64.4 Å². The molecule has 4 N–H and O–H groups in total. The van der Waals surface area contributed by atoms with Gasteiger partial charge in [-0.25, -0.2) is 4.79 Å². The second kappa shape index (κ2) is 12.8. The lowest BCUT2D eigenvalue weighted by atomic mass is 10.1. The Hall–Kier alpha value is -3.80. The number of fused-ring (bicyclic) bond motifs is 1. The van der Waals surface area contributed by atoms with Crippen molar-refractivity contribution in [3.8, 4) is 11.5 Å². The molecule has 10 nitrogen and oxygen atoms in total. The van der Waals surface area contributed by atoms with Crippen LogP contribution in [0.3, 0.4) is 0 Å². The number of ether oxygens (including phenoxy) is 3. The lowest BCUT2D eigenvalue weighted by molar-refractivity contribution is 0.0365. The maximum absolute atomic E-state index is 13.4. The van der Waals surface area contributed by atoms with Gasteiger partial charge in [-0.1, -0.05) is 12.1 Å². The number of hydrogen-bond donors (Lipinski definition) is 3. The predicted octanol–water partition coefficient (Wildman–Crippen LogP) is 4.11. The molecular formula is C28H33N5O5S. The van der Waals surface area contributed by atoms with Gasteiger partial charge in [0, 0.05) is 60.8 Å². The highest BCUT2D eigenvalue weighted by Gasteiger charge is 2.19. The van der Waals surface area contributed by atoms with Gasteiger partial charge in [0.05, 0.1) is 24.6 Å². The van der Waals surface area contributed by atoms with Crippen LogP contribution in [0.25, 0.3) is 0 Å². The van der Waals surface area contributed by atoms with Gasteiger partial charge in [-0.3, -0.25) is 9.69 Å². The van der Waals surface area contributed by atoms with Crippen LogP contribution >= 0.6 is 11.3 Å². The van der Waals surface area contributed by atoms with Crippen molar-refractivity contribution >= 4 is 40.3 Å². The summed E-state index contributed by atoms with van der Waals surface area (Å²) in [5.41, 5.74) is 9.11. The third-order valence-corrected chi connectivity index (χ3v) is 7.38. The maximum Gasteiger partial charge on any atom is 0.322 e. The van der Waals surface area contributed by atoms with E-state index in [9.17, 15) is 9.59 Å². The third kappa shape index (κ3) is 7.20. The molecule has 206 valence electrons. The zero-order chi connectivity index (χ0) is 27.0. The van der Waals surface area contributed by atoms with Crippen molar-refractivity contribution < 1.29 is 23.8 Å². The Balaban J connectivity index is 1.24. The van der Waals surface area contributed by atoms with Crippen LogP contribution in [0.15, 0.2) is 53.2 Å². The highest BCUT2D eigenvalue weighted by molar-refractivity contribution is 7.09. The summed E-state index contributed by atoms with van der Waals surface area (Å²) in [6, 6.07) is 12.5. The van der Waals surface area contributed by atoms with Crippen molar-refractivity contribution in [1.29, 1.82) is 0 Å². The summed E-state index contributed by atoms with van der Waals surface area (Å²) < 4.78 is 16.7. The van der Waals surface area contributed by atoms with Gasteiger partial charge in [0.1, 0.15) is 13.2 Å². The Morgan fingerprint density at radius 1 is 0.949 bits per heavy atom. The molecule has 2 aliphatic rings. The molecule has 3 amide bonds. The Bertz CT molecular complexity index is 1280. The van der Waals surface area contributed by atoms with Gasteiger partial charge in [-0.2, -0.15) is 0 Å². The molecule has 3 heterocycles. The van der Waals surface area contributed by atoms with E-state index in [-0.39, 0.29) is 11.9 Å². The summed E-state index contributed by atoms with van der Waals surface area (Å²) in [7, 11) is 0. The van der Waals surface area contributed by atoms with Crippen LogP contribution in [-0.2, 0) is 11.3 Å². The van der Waals surface area contributed by atoms with Gasteiger partial charge in [0.2, 0.25) is 0 Å². The second-order valence-corrected chi connectivity index (χ2v) is 10.2. The molecule has 0 spiro atoms. The molecule has 11 heteroatoms. The molecule has 1 saturated heterocycles. The number of anilines is 3. The van der Waals surface area contributed by atoms with E-state index in [1.807, 2.05) is 18.2 Å². The minimum absolute atomic E-state index is 0.205. The normalized spacial score (nSPS) is 15.0. The van der Waals surface area contributed by atoms with E-state index >= 15 is 0 Å². The zero-order valence-electron chi connectivity index (χ0n) is 21.7. The Labute approximate surface area is 231 Å². The Morgan fingerprint density at radius 2 is 1.72 bits per heavy atom. The number of nitrogens with one attached hydrogen (secondary N) is 2. The van der Waals surface area contributed by atoms with Crippen molar-refractivity contribution in [3.63, 3.8) is 0 Å². The number of urea groups is 1. The molecule has 2 aliphatic heterocycles. The molecule has 39 heavy (non-hydrogen) atoms. The maximum atomic E-state index is 13.4. The van der Waals surface area contributed by atoms with Crippen LogP contribution in [0, 0.1) is 0 Å². The number of rotatable bonds is 9. The number of thiophene rings is 1. The fraction of sp³-hybridized carbons (Fsp3) is 0.357. The summed E-state index contributed by atoms with van der Waals surface area (Å²) in [5, 5.41) is 9.42. The number of hydrogen-bond acceptors (Lipinski definition) is 8. The molecular weight excluding hydrogens is 518 g/mol. The van der Waals surface area contributed by atoms with Gasteiger partial charge in [0.15, 0.2) is 11.5 Å². The largest absolute Gasteiger partial charge is 0.486 e. The van der Waals surface area contributed by atoms with E-state index in [0.717, 1.165) is 44.8 Å². The monoisotopic (exact) mass is 551 g/mol. The molecule has 1 fully saturated rings. The minimum Gasteiger partial charge on any atom is -0.486 e. The highest BCUT2D eigenvalue weighted by atomic mass is 32.1. The predicted molar refractivity (Wildman–Crippen MR) is 152 cm³/mol. The second-order valence-electron chi connectivity index (χ2n) is 9.41. The minimum atomic E-state index is -0.231. The number of morpholine rings is 1. The molecule has 0 bridgehead atoms. The SMILES string of the molecule is Nc1cscc1NC(=O)c1ccc(CN(CCCN2CCOCC2)C(=O)Nc2ccc3c(c2)OCCO3)cc1. The standard InChI is InChI=1S/C28H33N5O5S/c29-23-18-39-19-24(23)31-27(34)21-4-2-20(3-5-21)17-33(9-1-8-32-10-12-36-13-11-32)28(35)30-22-6-7-25-26(16-22)38-15-14-37-25/h2-7,16,18-19H,1,8-15,17,29H2,(H,30,35)(H,31,34). The molecule has 0 atom stereocenters. The van der Waals surface area contributed by atoms with Crippen LogP contribution in [0.5, 0.6) is 11.5 Å². The molecule has 1 aromatic heterocycles. The first-order chi connectivity index (χ1) is 19.0.